The molecular formula is C15H20N2O. The first-order valence-electron chi connectivity index (χ1n) is 6.12. The van der Waals surface area contributed by atoms with Gasteiger partial charge in [0.25, 0.3) is 0 Å². The molecule has 0 unspecified atom stereocenters. The number of hydrogen-bond donors (Lipinski definition) is 2. The smallest absolute Gasteiger partial charge is 0.224 e. The van der Waals surface area contributed by atoms with Crippen molar-refractivity contribution in [2.24, 2.45) is 11.7 Å². The molecular weight excluding hydrogens is 224 g/mol. The molecule has 1 amide bonds. The number of nitrogens with one attached hydrogen (secondary N) is 1. The van der Waals surface area contributed by atoms with Gasteiger partial charge in [0.05, 0.1) is 6.54 Å². The van der Waals surface area contributed by atoms with E-state index in [-0.39, 0.29) is 5.91 Å². The van der Waals surface area contributed by atoms with E-state index in [9.17, 15) is 4.79 Å². The third kappa shape index (κ3) is 4.60. The van der Waals surface area contributed by atoms with Crippen LogP contribution in [0.1, 0.15) is 31.4 Å². The Labute approximate surface area is 109 Å². The fourth-order valence-electron chi connectivity index (χ4n) is 1.61. The summed E-state index contributed by atoms with van der Waals surface area (Å²) in [6, 6.07) is 5.70. The van der Waals surface area contributed by atoms with Crippen LogP contribution in [-0.4, -0.2) is 12.5 Å². The van der Waals surface area contributed by atoms with Crippen LogP contribution < -0.4 is 11.1 Å². The number of rotatable bonds is 3. The van der Waals surface area contributed by atoms with Gasteiger partial charge in [0, 0.05) is 17.7 Å². The third-order valence-electron chi connectivity index (χ3n) is 2.43. The molecule has 0 aliphatic rings. The minimum atomic E-state index is 0.0465. The molecule has 0 spiro atoms. The van der Waals surface area contributed by atoms with Crippen LogP contribution in [0.4, 0.5) is 5.69 Å². The van der Waals surface area contributed by atoms with Crippen molar-refractivity contribution >= 4 is 11.6 Å². The maximum atomic E-state index is 11.6. The van der Waals surface area contributed by atoms with E-state index < -0.39 is 0 Å². The lowest BCUT2D eigenvalue weighted by Crippen LogP contribution is -2.13. The Morgan fingerprint density at radius 2 is 2.17 bits per heavy atom. The van der Waals surface area contributed by atoms with Gasteiger partial charge in [-0.05, 0) is 36.6 Å². The zero-order valence-electron chi connectivity index (χ0n) is 11.2. The Hall–Kier alpha value is -1.79. The lowest BCUT2D eigenvalue weighted by Gasteiger charge is -2.08. The topological polar surface area (TPSA) is 55.1 Å². The predicted molar refractivity (Wildman–Crippen MR) is 75.2 cm³/mol. The molecule has 3 nitrogen and oxygen atoms in total. The number of benzene rings is 1. The average molecular weight is 244 g/mol. The Morgan fingerprint density at radius 3 is 2.72 bits per heavy atom. The standard InChI is InChI=1S/C15H20N2O/c1-11(2)9-15(18)17-14-7-6-13(5-4-8-16)12(3)10-14/h6-7,10-11H,8-9,16H2,1-3H3,(H,17,18). The van der Waals surface area contributed by atoms with Gasteiger partial charge in [-0.15, -0.1) is 0 Å². The Kier molecular flexibility index (Phi) is 5.41. The molecule has 0 saturated carbocycles. The highest BCUT2D eigenvalue weighted by molar-refractivity contribution is 5.91. The van der Waals surface area contributed by atoms with E-state index >= 15 is 0 Å². The molecule has 0 aliphatic heterocycles. The summed E-state index contributed by atoms with van der Waals surface area (Å²) in [5.74, 6) is 6.23. The molecule has 0 saturated heterocycles. The normalized spacial score (nSPS) is 9.83. The van der Waals surface area contributed by atoms with Crippen molar-refractivity contribution in [1.29, 1.82) is 0 Å². The van der Waals surface area contributed by atoms with Crippen molar-refractivity contribution in [3.05, 3.63) is 29.3 Å². The van der Waals surface area contributed by atoms with Gasteiger partial charge in [-0.3, -0.25) is 4.79 Å². The van der Waals surface area contributed by atoms with Gasteiger partial charge in [0.15, 0.2) is 0 Å². The second-order valence-corrected chi connectivity index (χ2v) is 4.68. The molecule has 0 aromatic heterocycles. The van der Waals surface area contributed by atoms with Crippen molar-refractivity contribution in [1.82, 2.24) is 0 Å². The minimum Gasteiger partial charge on any atom is -0.326 e. The molecule has 0 bridgehead atoms. The van der Waals surface area contributed by atoms with Crippen molar-refractivity contribution in [2.45, 2.75) is 27.2 Å². The highest BCUT2D eigenvalue weighted by Gasteiger charge is 2.05. The number of hydrogen-bond acceptors (Lipinski definition) is 2. The van der Waals surface area contributed by atoms with Crippen LogP contribution in [0.15, 0.2) is 18.2 Å². The van der Waals surface area contributed by atoms with Gasteiger partial charge in [0.2, 0.25) is 5.91 Å². The number of amides is 1. The molecule has 0 radical (unpaired) electrons. The molecule has 1 aromatic carbocycles. The minimum absolute atomic E-state index is 0.0465. The molecule has 0 atom stereocenters. The van der Waals surface area contributed by atoms with Gasteiger partial charge in [-0.1, -0.05) is 25.7 Å². The number of aryl methyl sites for hydroxylation is 1. The second kappa shape index (κ2) is 6.83. The number of anilines is 1. The van der Waals surface area contributed by atoms with E-state index in [4.69, 9.17) is 5.73 Å². The van der Waals surface area contributed by atoms with Gasteiger partial charge in [-0.25, -0.2) is 0 Å². The Bertz CT molecular complexity index is 481. The fourth-order valence-corrected chi connectivity index (χ4v) is 1.61. The zero-order valence-corrected chi connectivity index (χ0v) is 11.2. The summed E-state index contributed by atoms with van der Waals surface area (Å²) < 4.78 is 0. The zero-order chi connectivity index (χ0) is 13.5. The van der Waals surface area contributed by atoms with Crippen LogP contribution in [0, 0.1) is 24.7 Å². The van der Waals surface area contributed by atoms with Crippen LogP contribution in [0.2, 0.25) is 0 Å². The Morgan fingerprint density at radius 1 is 1.44 bits per heavy atom. The highest BCUT2D eigenvalue weighted by atomic mass is 16.1. The lowest BCUT2D eigenvalue weighted by molar-refractivity contribution is -0.116. The van der Waals surface area contributed by atoms with E-state index in [0.717, 1.165) is 16.8 Å². The molecule has 96 valence electrons. The number of carbonyl (C=O) groups excluding carboxylic acids is 1. The molecule has 0 aliphatic carbocycles. The Balaban J connectivity index is 2.75. The van der Waals surface area contributed by atoms with E-state index in [2.05, 4.69) is 17.2 Å². The molecule has 3 heteroatoms. The van der Waals surface area contributed by atoms with Crippen LogP contribution in [0.25, 0.3) is 0 Å². The van der Waals surface area contributed by atoms with Crippen molar-refractivity contribution < 1.29 is 4.79 Å². The van der Waals surface area contributed by atoms with Gasteiger partial charge in [-0.2, -0.15) is 0 Å². The summed E-state index contributed by atoms with van der Waals surface area (Å²) in [5, 5.41) is 2.89. The first-order valence-corrected chi connectivity index (χ1v) is 6.12. The summed E-state index contributed by atoms with van der Waals surface area (Å²) in [4.78, 5) is 11.6. The van der Waals surface area contributed by atoms with Gasteiger partial charge < -0.3 is 11.1 Å². The van der Waals surface area contributed by atoms with Crippen molar-refractivity contribution in [3.63, 3.8) is 0 Å². The molecule has 1 aromatic rings. The molecule has 0 fully saturated rings. The summed E-state index contributed by atoms with van der Waals surface area (Å²) in [5.41, 5.74) is 8.14. The van der Waals surface area contributed by atoms with Crippen molar-refractivity contribution in [3.8, 4) is 11.8 Å². The monoisotopic (exact) mass is 244 g/mol. The predicted octanol–water partition coefficient (Wildman–Crippen LogP) is 2.29. The fraction of sp³-hybridized carbons (Fsp3) is 0.400. The first-order chi connectivity index (χ1) is 8.52. The van der Waals surface area contributed by atoms with Crippen LogP contribution in [-0.2, 0) is 4.79 Å². The van der Waals surface area contributed by atoms with E-state index in [0.29, 0.717) is 18.9 Å². The summed E-state index contributed by atoms with van der Waals surface area (Å²) in [6.45, 7) is 6.37. The van der Waals surface area contributed by atoms with Crippen LogP contribution >= 0.6 is 0 Å². The largest absolute Gasteiger partial charge is 0.326 e. The molecule has 1 rings (SSSR count). The van der Waals surface area contributed by atoms with Crippen molar-refractivity contribution in [2.75, 3.05) is 11.9 Å². The van der Waals surface area contributed by atoms with E-state index in [1.807, 2.05) is 39.0 Å². The van der Waals surface area contributed by atoms with Gasteiger partial charge in [0.1, 0.15) is 0 Å². The van der Waals surface area contributed by atoms with Crippen LogP contribution in [0.5, 0.6) is 0 Å². The summed E-state index contributed by atoms with van der Waals surface area (Å²) in [7, 11) is 0. The molecule has 0 heterocycles. The van der Waals surface area contributed by atoms with E-state index in [1.54, 1.807) is 0 Å². The average Bonchev–Trinajstić information content (AvgIpc) is 2.26. The van der Waals surface area contributed by atoms with Crippen LogP contribution in [0.3, 0.4) is 0 Å². The molecule has 18 heavy (non-hydrogen) atoms. The maximum absolute atomic E-state index is 11.6. The van der Waals surface area contributed by atoms with E-state index in [1.165, 1.54) is 0 Å². The molecule has 3 N–H and O–H groups in total. The second-order valence-electron chi connectivity index (χ2n) is 4.68. The summed E-state index contributed by atoms with van der Waals surface area (Å²) in [6.07, 6.45) is 0.535. The summed E-state index contributed by atoms with van der Waals surface area (Å²) >= 11 is 0. The number of carbonyl (C=O) groups is 1. The lowest BCUT2D eigenvalue weighted by atomic mass is 10.1. The highest BCUT2D eigenvalue weighted by Crippen LogP contribution is 2.15. The number of nitrogens with two attached hydrogens (primary N) is 1. The SMILES string of the molecule is Cc1cc(NC(=O)CC(C)C)ccc1C#CCN. The third-order valence-corrected chi connectivity index (χ3v) is 2.43. The quantitative estimate of drug-likeness (QED) is 0.801. The first kappa shape index (κ1) is 14.3. The maximum Gasteiger partial charge on any atom is 0.224 e. The van der Waals surface area contributed by atoms with Gasteiger partial charge >= 0.3 is 0 Å².